The predicted octanol–water partition coefficient (Wildman–Crippen LogP) is 2.43. The highest BCUT2D eigenvalue weighted by Crippen LogP contribution is 2.28. The van der Waals surface area contributed by atoms with Crippen molar-refractivity contribution >= 4 is 22.6 Å². The Morgan fingerprint density at radius 3 is 2.65 bits per heavy atom. The lowest BCUT2D eigenvalue weighted by molar-refractivity contribution is -0.125. The van der Waals surface area contributed by atoms with Gasteiger partial charge in [0.05, 0.1) is 13.0 Å². The molecule has 1 saturated carbocycles. The number of benzene rings is 2. The van der Waals surface area contributed by atoms with Crippen molar-refractivity contribution < 1.29 is 14.3 Å². The zero-order valence-electron chi connectivity index (χ0n) is 15.0. The minimum atomic E-state index is -0.168. The molecule has 0 unspecified atom stereocenters. The van der Waals surface area contributed by atoms with Crippen LogP contribution in [0.25, 0.3) is 10.8 Å². The predicted molar refractivity (Wildman–Crippen MR) is 102 cm³/mol. The highest BCUT2D eigenvalue weighted by atomic mass is 16.5. The maximum absolute atomic E-state index is 12.1. The van der Waals surface area contributed by atoms with Gasteiger partial charge in [-0.15, -0.1) is 0 Å². The summed E-state index contributed by atoms with van der Waals surface area (Å²) in [5.74, 6) is 0.448. The summed E-state index contributed by atoms with van der Waals surface area (Å²) in [5, 5.41) is 7.67. The van der Waals surface area contributed by atoms with Gasteiger partial charge in [-0.1, -0.05) is 42.5 Å². The highest BCUT2D eigenvalue weighted by molar-refractivity contribution is 5.91. The first-order valence-corrected chi connectivity index (χ1v) is 9.30. The molecule has 2 N–H and O–H groups in total. The van der Waals surface area contributed by atoms with Crippen LogP contribution in [0.3, 0.4) is 0 Å². The van der Waals surface area contributed by atoms with E-state index in [1.54, 1.807) is 0 Å². The van der Waals surface area contributed by atoms with Crippen LogP contribution in [-0.4, -0.2) is 38.1 Å². The molecular formula is C21H26N2O3. The molecule has 1 aliphatic rings. The van der Waals surface area contributed by atoms with Crippen molar-refractivity contribution in [1.82, 2.24) is 10.6 Å². The summed E-state index contributed by atoms with van der Waals surface area (Å²) >= 11 is 0. The Labute approximate surface area is 154 Å². The molecule has 0 bridgehead atoms. The molecule has 2 aromatic rings. The first-order valence-electron chi connectivity index (χ1n) is 9.30. The number of carbonyl (C=O) groups excluding carboxylic acids is 2. The Kier molecular flexibility index (Phi) is 6.61. The van der Waals surface area contributed by atoms with E-state index in [0.29, 0.717) is 13.2 Å². The summed E-state index contributed by atoms with van der Waals surface area (Å²) in [6.45, 7) is 2.09. The van der Waals surface area contributed by atoms with Crippen LogP contribution < -0.4 is 10.6 Å². The van der Waals surface area contributed by atoms with Gasteiger partial charge in [-0.25, -0.2) is 0 Å². The molecule has 0 spiro atoms. The SMILES string of the molecule is O=C(CNC(=O)Cc1cccc2ccccc12)NCCCOCC1CC1. The average Bonchev–Trinajstić information content (AvgIpc) is 3.47. The Balaban J connectivity index is 1.33. The minimum absolute atomic E-state index is 0.00648. The van der Waals surface area contributed by atoms with E-state index in [1.807, 2.05) is 42.5 Å². The fourth-order valence-electron chi connectivity index (χ4n) is 2.86. The molecule has 2 amide bonds. The third kappa shape index (κ3) is 5.85. The number of nitrogens with one attached hydrogen (secondary N) is 2. The van der Waals surface area contributed by atoms with Gasteiger partial charge >= 0.3 is 0 Å². The fourth-order valence-corrected chi connectivity index (χ4v) is 2.86. The number of carbonyl (C=O) groups is 2. The topological polar surface area (TPSA) is 67.4 Å². The molecule has 3 rings (SSSR count). The quantitative estimate of drug-likeness (QED) is 0.644. The van der Waals surface area contributed by atoms with E-state index in [0.717, 1.165) is 35.3 Å². The molecule has 0 aromatic heterocycles. The van der Waals surface area contributed by atoms with Crippen molar-refractivity contribution in [2.75, 3.05) is 26.3 Å². The second kappa shape index (κ2) is 9.34. The van der Waals surface area contributed by atoms with Crippen LogP contribution in [0.5, 0.6) is 0 Å². The van der Waals surface area contributed by atoms with Crippen LogP contribution in [0.2, 0.25) is 0 Å². The molecule has 0 aliphatic heterocycles. The molecular weight excluding hydrogens is 328 g/mol. The van der Waals surface area contributed by atoms with Gasteiger partial charge in [0, 0.05) is 19.8 Å². The van der Waals surface area contributed by atoms with Gasteiger partial charge in [0.1, 0.15) is 0 Å². The van der Waals surface area contributed by atoms with Gasteiger partial charge in [-0.3, -0.25) is 9.59 Å². The van der Waals surface area contributed by atoms with Gasteiger partial charge in [-0.2, -0.15) is 0 Å². The summed E-state index contributed by atoms with van der Waals surface area (Å²) in [7, 11) is 0. The van der Waals surface area contributed by atoms with Crippen molar-refractivity contribution in [2.45, 2.75) is 25.7 Å². The van der Waals surface area contributed by atoms with E-state index < -0.39 is 0 Å². The van der Waals surface area contributed by atoms with Crippen molar-refractivity contribution in [2.24, 2.45) is 5.92 Å². The van der Waals surface area contributed by atoms with E-state index in [9.17, 15) is 9.59 Å². The minimum Gasteiger partial charge on any atom is -0.381 e. The molecule has 1 aliphatic carbocycles. The molecule has 5 heteroatoms. The largest absolute Gasteiger partial charge is 0.381 e. The number of hydrogen-bond acceptors (Lipinski definition) is 3. The molecule has 0 atom stereocenters. The molecule has 0 heterocycles. The molecule has 2 aromatic carbocycles. The van der Waals surface area contributed by atoms with E-state index in [-0.39, 0.29) is 24.8 Å². The van der Waals surface area contributed by atoms with Crippen molar-refractivity contribution in [3.05, 3.63) is 48.0 Å². The van der Waals surface area contributed by atoms with E-state index in [2.05, 4.69) is 10.6 Å². The summed E-state index contributed by atoms with van der Waals surface area (Å²) in [6, 6.07) is 13.9. The van der Waals surface area contributed by atoms with Crippen LogP contribution >= 0.6 is 0 Å². The van der Waals surface area contributed by atoms with Crippen molar-refractivity contribution in [3.63, 3.8) is 0 Å². The molecule has 0 radical (unpaired) electrons. The van der Waals surface area contributed by atoms with Gasteiger partial charge in [0.2, 0.25) is 11.8 Å². The normalized spacial score (nSPS) is 13.5. The first kappa shape index (κ1) is 18.4. The zero-order chi connectivity index (χ0) is 18.2. The van der Waals surface area contributed by atoms with Crippen molar-refractivity contribution in [1.29, 1.82) is 0 Å². The standard InChI is InChI=1S/C21H26N2O3/c24-20(13-18-7-3-6-17-5-1-2-8-19(17)18)23-14-21(25)22-11-4-12-26-15-16-9-10-16/h1-3,5-8,16H,4,9-15H2,(H,22,25)(H,23,24). The van der Waals surface area contributed by atoms with Gasteiger partial charge in [0.25, 0.3) is 0 Å². The Morgan fingerprint density at radius 2 is 1.81 bits per heavy atom. The third-order valence-corrected chi connectivity index (χ3v) is 4.52. The third-order valence-electron chi connectivity index (χ3n) is 4.52. The molecule has 1 fully saturated rings. The number of fused-ring (bicyclic) bond motifs is 1. The Bertz CT molecular complexity index is 751. The smallest absolute Gasteiger partial charge is 0.239 e. The summed E-state index contributed by atoms with van der Waals surface area (Å²) in [4.78, 5) is 23.9. The second-order valence-corrected chi connectivity index (χ2v) is 6.81. The lowest BCUT2D eigenvalue weighted by Crippen LogP contribution is -2.38. The molecule has 5 nitrogen and oxygen atoms in total. The summed E-state index contributed by atoms with van der Waals surface area (Å²) < 4.78 is 5.52. The maximum Gasteiger partial charge on any atom is 0.239 e. The Morgan fingerprint density at radius 1 is 1.00 bits per heavy atom. The number of hydrogen-bond donors (Lipinski definition) is 2. The lowest BCUT2D eigenvalue weighted by Gasteiger charge is -2.09. The maximum atomic E-state index is 12.1. The molecule has 26 heavy (non-hydrogen) atoms. The van der Waals surface area contributed by atoms with E-state index >= 15 is 0 Å². The lowest BCUT2D eigenvalue weighted by atomic mass is 10.0. The molecule has 138 valence electrons. The van der Waals surface area contributed by atoms with Crippen LogP contribution in [0.1, 0.15) is 24.8 Å². The Hall–Kier alpha value is -2.40. The van der Waals surface area contributed by atoms with Crippen LogP contribution in [0.15, 0.2) is 42.5 Å². The van der Waals surface area contributed by atoms with Crippen LogP contribution in [0, 0.1) is 5.92 Å². The number of ether oxygens (including phenoxy) is 1. The summed E-state index contributed by atoms with van der Waals surface area (Å²) in [5.41, 5.74) is 0.966. The number of rotatable bonds is 10. The average molecular weight is 354 g/mol. The van der Waals surface area contributed by atoms with Crippen molar-refractivity contribution in [3.8, 4) is 0 Å². The summed E-state index contributed by atoms with van der Waals surface area (Å²) in [6.07, 6.45) is 3.64. The van der Waals surface area contributed by atoms with Crippen LogP contribution in [-0.2, 0) is 20.7 Å². The zero-order valence-corrected chi connectivity index (χ0v) is 15.0. The van der Waals surface area contributed by atoms with Gasteiger partial charge in [0.15, 0.2) is 0 Å². The van der Waals surface area contributed by atoms with E-state index in [4.69, 9.17) is 4.74 Å². The first-order chi connectivity index (χ1) is 12.7. The monoisotopic (exact) mass is 354 g/mol. The fraction of sp³-hybridized carbons (Fsp3) is 0.429. The molecule has 0 saturated heterocycles. The number of amides is 2. The van der Waals surface area contributed by atoms with E-state index in [1.165, 1.54) is 12.8 Å². The highest BCUT2D eigenvalue weighted by Gasteiger charge is 2.20. The second-order valence-electron chi connectivity index (χ2n) is 6.81. The van der Waals surface area contributed by atoms with Gasteiger partial charge in [-0.05, 0) is 41.5 Å². The van der Waals surface area contributed by atoms with Gasteiger partial charge < -0.3 is 15.4 Å². The van der Waals surface area contributed by atoms with Crippen LogP contribution in [0.4, 0.5) is 0 Å².